The monoisotopic (exact) mass is 470 g/mol. The highest BCUT2D eigenvalue weighted by Crippen LogP contribution is 2.44. The predicted molar refractivity (Wildman–Crippen MR) is 131 cm³/mol. The molecule has 1 aliphatic heterocycles. The summed E-state index contributed by atoms with van der Waals surface area (Å²) >= 11 is 0. The lowest BCUT2D eigenvalue weighted by Crippen LogP contribution is -2.53. The SMILES string of the molecule is O=C(Nc1cccc(CCC(=O)N2CC(C(=O)O)C2)c1)OCC1c2ccccc2-c2ccccc21. The number of hydrogen-bond donors (Lipinski definition) is 2. The van der Waals surface area contributed by atoms with E-state index in [1.807, 2.05) is 42.5 Å². The highest BCUT2D eigenvalue weighted by molar-refractivity contribution is 5.85. The van der Waals surface area contributed by atoms with Crippen LogP contribution >= 0.6 is 0 Å². The third-order valence-electron chi connectivity index (χ3n) is 6.73. The van der Waals surface area contributed by atoms with Crippen LogP contribution < -0.4 is 5.32 Å². The van der Waals surface area contributed by atoms with Crippen molar-refractivity contribution in [2.45, 2.75) is 18.8 Å². The van der Waals surface area contributed by atoms with Crippen molar-refractivity contribution in [2.75, 3.05) is 25.0 Å². The molecule has 0 aromatic heterocycles. The van der Waals surface area contributed by atoms with E-state index in [1.165, 1.54) is 11.1 Å². The number of nitrogens with zero attached hydrogens (tertiary/aromatic N) is 1. The Bertz CT molecular complexity index is 1240. The lowest BCUT2D eigenvalue weighted by Gasteiger charge is -2.36. The van der Waals surface area contributed by atoms with Gasteiger partial charge in [-0.05, 0) is 46.4 Å². The molecule has 0 bridgehead atoms. The summed E-state index contributed by atoms with van der Waals surface area (Å²) in [6.45, 7) is 0.788. The van der Waals surface area contributed by atoms with Crippen molar-refractivity contribution in [3.63, 3.8) is 0 Å². The Balaban J connectivity index is 1.15. The fraction of sp³-hybridized carbons (Fsp3) is 0.250. The summed E-state index contributed by atoms with van der Waals surface area (Å²) in [6.07, 6.45) is 0.272. The van der Waals surface area contributed by atoms with E-state index in [0.717, 1.165) is 16.7 Å². The Labute approximate surface area is 203 Å². The molecule has 1 heterocycles. The Morgan fingerprint density at radius 3 is 2.23 bits per heavy atom. The number of rotatable bonds is 7. The van der Waals surface area contributed by atoms with Gasteiger partial charge in [0.2, 0.25) is 5.91 Å². The second-order valence-corrected chi connectivity index (χ2v) is 8.98. The molecule has 0 atom stereocenters. The molecular formula is C28H26N2O5. The summed E-state index contributed by atoms with van der Waals surface area (Å²) in [5.41, 5.74) is 6.18. The van der Waals surface area contributed by atoms with Gasteiger partial charge in [-0.2, -0.15) is 0 Å². The van der Waals surface area contributed by atoms with Crippen LogP contribution in [0.3, 0.4) is 0 Å². The number of carbonyl (C=O) groups is 3. The van der Waals surface area contributed by atoms with E-state index in [9.17, 15) is 14.4 Å². The molecule has 3 aromatic carbocycles. The second-order valence-electron chi connectivity index (χ2n) is 8.98. The van der Waals surface area contributed by atoms with Gasteiger partial charge in [0.05, 0.1) is 5.92 Å². The standard InChI is InChI=1S/C28H26N2O5/c31-26(30-15-19(16-30)27(32)33)13-12-18-6-5-7-20(14-18)29-28(34)35-17-25-23-10-3-1-8-21(23)22-9-2-4-11-24(22)25/h1-11,14,19,25H,12-13,15-17H2,(H,29,34)(H,32,33). The first-order valence-electron chi connectivity index (χ1n) is 11.7. The zero-order valence-corrected chi connectivity index (χ0v) is 19.1. The minimum absolute atomic E-state index is 0.00673. The topological polar surface area (TPSA) is 95.9 Å². The lowest BCUT2D eigenvalue weighted by atomic mass is 9.98. The summed E-state index contributed by atoms with van der Waals surface area (Å²) in [6, 6.07) is 23.7. The summed E-state index contributed by atoms with van der Waals surface area (Å²) in [7, 11) is 0. The molecular weight excluding hydrogens is 444 g/mol. The minimum atomic E-state index is -0.860. The summed E-state index contributed by atoms with van der Waals surface area (Å²) < 4.78 is 5.61. The molecule has 1 aliphatic carbocycles. The Hall–Kier alpha value is -4.13. The van der Waals surface area contributed by atoms with Crippen LogP contribution in [-0.4, -0.2) is 47.7 Å². The van der Waals surface area contributed by atoms with Crippen LogP contribution in [0.4, 0.5) is 10.5 Å². The maximum atomic E-state index is 12.6. The highest BCUT2D eigenvalue weighted by Gasteiger charge is 2.35. The number of likely N-dealkylation sites (tertiary alicyclic amines) is 1. The molecule has 35 heavy (non-hydrogen) atoms. The molecule has 1 fully saturated rings. The number of aryl methyl sites for hydroxylation is 1. The third-order valence-corrected chi connectivity index (χ3v) is 6.73. The molecule has 7 heteroatoms. The lowest BCUT2D eigenvalue weighted by molar-refractivity contribution is -0.152. The number of benzene rings is 3. The number of fused-ring (bicyclic) bond motifs is 3. The first kappa shape index (κ1) is 22.7. The van der Waals surface area contributed by atoms with Crippen LogP contribution in [0, 0.1) is 5.92 Å². The van der Waals surface area contributed by atoms with E-state index in [4.69, 9.17) is 9.84 Å². The Kier molecular flexibility index (Phi) is 6.23. The number of carboxylic acids is 1. The summed E-state index contributed by atoms with van der Waals surface area (Å²) in [5.74, 6) is -1.38. The molecule has 178 valence electrons. The van der Waals surface area contributed by atoms with Gasteiger partial charge in [-0.15, -0.1) is 0 Å². The van der Waals surface area contributed by atoms with Crippen molar-refractivity contribution in [2.24, 2.45) is 5.92 Å². The van der Waals surface area contributed by atoms with E-state index in [2.05, 4.69) is 29.6 Å². The van der Waals surface area contributed by atoms with Gasteiger partial charge in [-0.25, -0.2) is 4.79 Å². The number of ether oxygens (including phenoxy) is 1. The number of aliphatic carboxylic acids is 1. The second kappa shape index (κ2) is 9.62. The molecule has 1 saturated heterocycles. The minimum Gasteiger partial charge on any atom is -0.481 e. The fourth-order valence-electron chi connectivity index (χ4n) is 4.80. The molecule has 0 saturated carbocycles. The largest absolute Gasteiger partial charge is 0.481 e. The first-order valence-corrected chi connectivity index (χ1v) is 11.7. The van der Waals surface area contributed by atoms with Crippen molar-refractivity contribution in [3.8, 4) is 11.1 Å². The van der Waals surface area contributed by atoms with Gasteiger partial charge in [0.15, 0.2) is 0 Å². The van der Waals surface area contributed by atoms with Gasteiger partial charge >= 0.3 is 12.1 Å². The van der Waals surface area contributed by atoms with Crippen molar-refractivity contribution in [1.82, 2.24) is 4.90 Å². The average Bonchev–Trinajstić information content (AvgIpc) is 3.14. The number of nitrogens with one attached hydrogen (secondary N) is 1. The van der Waals surface area contributed by atoms with Gasteiger partial charge in [-0.1, -0.05) is 60.7 Å². The molecule has 5 rings (SSSR count). The zero-order valence-electron chi connectivity index (χ0n) is 19.1. The van der Waals surface area contributed by atoms with Crippen molar-refractivity contribution in [1.29, 1.82) is 0 Å². The molecule has 2 aliphatic rings. The van der Waals surface area contributed by atoms with Crippen LogP contribution in [0.5, 0.6) is 0 Å². The summed E-state index contributed by atoms with van der Waals surface area (Å²) in [5, 5.41) is 11.7. The number of carbonyl (C=O) groups excluding carboxylic acids is 2. The van der Waals surface area contributed by atoms with Crippen molar-refractivity contribution in [3.05, 3.63) is 89.5 Å². The van der Waals surface area contributed by atoms with Crippen LogP contribution in [0.2, 0.25) is 0 Å². The summed E-state index contributed by atoms with van der Waals surface area (Å²) in [4.78, 5) is 37.3. The quantitative estimate of drug-likeness (QED) is 0.529. The smallest absolute Gasteiger partial charge is 0.411 e. The number of anilines is 1. The van der Waals surface area contributed by atoms with Gasteiger partial charge < -0.3 is 14.7 Å². The molecule has 2 amide bonds. The van der Waals surface area contributed by atoms with Crippen molar-refractivity contribution >= 4 is 23.7 Å². The van der Waals surface area contributed by atoms with Crippen molar-refractivity contribution < 1.29 is 24.2 Å². The average molecular weight is 471 g/mol. The van der Waals surface area contributed by atoms with E-state index in [0.29, 0.717) is 18.5 Å². The maximum absolute atomic E-state index is 12.6. The third kappa shape index (κ3) is 4.75. The molecule has 3 aromatic rings. The fourth-order valence-corrected chi connectivity index (χ4v) is 4.80. The predicted octanol–water partition coefficient (Wildman–Crippen LogP) is 4.52. The molecule has 7 nitrogen and oxygen atoms in total. The van der Waals surface area contributed by atoms with Crippen LogP contribution in [0.15, 0.2) is 72.8 Å². The van der Waals surface area contributed by atoms with Crippen LogP contribution in [0.1, 0.15) is 29.0 Å². The molecule has 0 unspecified atom stereocenters. The molecule has 2 N–H and O–H groups in total. The van der Waals surface area contributed by atoms with Gasteiger partial charge in [0.1, 0.15) is 6.61 Å². The number of hydrogen-bond acceptors (Lipinski definition) is 4. The first-order chi connectivity index (χ1) is 17.0. The van der Waals surface area contributed by atoms with Crippen LogP contribution in [0.25, 0.3) is 11.1 Å². The van der Waals surface area contributed by atoms with E-state index >= 15 is 0 Å². The van der Waals surface area contributed by atoms with Gasteiger partial charge in [0, 0.05) is 31.1 Å². The maximum Gasteiger partial charge on any atom is 0.411 e. The Morgan fingerprint density at radius 1 is 0.914 bits per heavy atom. The Morgan fingerprint density at radius 2 is 1.57 bits per heavy atom. The van der Waals surface area contributed by atoms with E-state index in [1.54, 1.807) is 11.0 Å². The number of carboxylic acid groups (broad SMARTS) is 1. The number of amides is 2. The molecule has 0 radical (unpaired) electrons. The molecule has 0 spiro atoms. The van der Waals surface area contributed by atoms with Gasteiger partial charge in [0.25, 0.3) is 0 Å². The van der Waals surface area contributed by atoms with E-state index < -0.39 is 18.0 Å². The normalized spacial score (nSPS) is 14.6. The van der Waals surface area contributed by atoms with Crippen LogP contribution in [-0.2, 0) is 20.7 Å². The van der Waals surface area contributed by atoms with Gasteiger partial charge in [-0.3, -0.25) is 14.9 Å². The zero-order chi connectivity index (χ0) is 24.4. The van der Waals surface area contributed by atoms with E-state index in [-0.39, 0.29) is 31.5 Å². The highest BCUT2D eigenvalue weighted by atomic mass is 16.5.